The van der Waals surface area contributed by atoms with Crippen LogP contribution in [0.15, 0.2) is 52.8 Å². The Morgan fingerprint density at radius 3 is 2.60 bits per heavy atom. The van der Waals surface area contributed by atoms with Crippen LogP contribution in [-0.2, 0) is 0 Å². The summed E-state index contributed by atoms with van der Waals surface area (Å²) in [5.74, 6) is 2.29. The molecule has 1 fully saturated rings. The van der Waals surface area contributed by atoms with Gasteiger partial charge in [0.2, 0.25) is 0 Å². The Kier molecular flexibility index (Phi) is 4.41. The lowest BCUT2D eigenvalue weighted by atomic mass is 9.91. The van der Waals surface area contributed by atoms with Crippen molar-refractivity contribution in [3.05, 3.63) is 58.4 Å². The number of benzene rings is 1. The first-order chi connectivity index (χ1) is 9.84. The first-order valence-electron chi connectivity index (χ1n) is 7.59. The average molecular weight is 286 g/mol. The second-order valence-corrected chi connectivity index (χ2v) is 7.83. The fourth-order valence-corrected chi connectivity index (χ4v) is 5.53. The Hall–Kier alpha value is -1.28. The van der Waals surface area contributed by atoms with E-state index >= 15 is 0 Å². The van der Waals surface area contributed by atoms with E-state index in [4.69, 9.17) is 0 Å². The van der Waals surface area contributed by atoms with E-state index in [1.165, 1.54) is 37.9 Å². The molecule has 1 nitrogen and oxygen atoms in total. The second kappa shape index (κ2) is 6.45. The van der Waals surface area contributed by atoms with E-state index in [2.05, 4.69) is 11.5 Å². The molecule has 2 aliphatic rings. The predicted octanol–water partition coefficient (Wildman–Crippen LogP) is 4.86. The largest absolute Gasteiger partial charge is 0.288 e. The summed E-state index contributed by atoms with van der Waals surface area (Å²) in [7, 11) is -0.363. The Labute approximate surface area is 124 Å². The van der Waals surface area contributed by atoms with Crippen molar-refractivity contribution in [1.82, 2.24) is 0 Å². The van der Waals surface area contributed by atoms with E-state index in [0.29, 0.717) is 0 Å². The summed E-state index contributed by atoms with van der Waals surface area (Å²) in [5.41, 5.74) is 0.832. The molecule has 0 radical (unpaired) electrons. The van der Waals surface area contributed by atoms with Gasteiger partial charge in [-0.25, -0.2) is 10.9 Å². The summed E-state index contributed by atoms with van der Waals surface area (Å²) in [5, 5.41) is 2.28. The third-order valence-electron chi connectivity index (χ3n) is 4.28. The van der Waals surface area contributed by atoms with Gasteiger partial charge in [-0.15, -0.1) is 0 Å². The number of thiol groups is 1. The van der Waals surface area contributed by atoms with E-state index < -0.39 is 0 Å². The molecule has 1 heterocycles. The van der Waals surface area contributed by atoms with Crippen LogP contribution in [-0.4, -0.2) is 11.5 Å². The maximum Gasteiger partial charge on any atom is 0.197 e. The van der Waals surface area contributed by atoms with Gasteiger partial charge in [-0.2, -0.15) is 0 Å². The lowest BCUT2D eigenvalue weighted by Crippen LogP contribution is -2.12. The topological polar surface area (TPSA) is 17.1 Å². The van der Waals surface area contributed by atoms with Gasteiger partial charge in [0, 0.05) is 10.5 Å². The van der Waals surface area contributed by atoms with Crippen molar-refractivity contribution in [3.8, 4) is 0 Å². The molecule has 0 saturated heterocycles. The summed E-state index contributed by atoms with van der Waals surface area (Å²) < 4.78 is 0. The summed E-state index contributed by atoms with van der Waals surface area (Å²) in [6.45, 7) is 0. The first kappa shape index (κ1) is 13.7. The standard InChI is InChI=1S/C18H22OS/c19-18(16-10-5-2-6-11-16)17-12-7-13-20(17)14-15-8-3-1-4-9-15/h2,5-7,10-13,15,20H,1,3-4,8-9,14H2. The van der Waals surface area contributed by atoms with E-state index in [1.807, 2.05) is 36.4 Å². The highest BCUT2D eigenvalue weighted by molar-refractivity contribution is 8.23. The van der Waals surface area contributed by atoms with E-state index in [0.717, 1.165) is 16.4 Å². The number of hydrogen-bond donors (Lipinski definition) is 1. The number of allylic oxidation sites excluding steroid dienone is 3. The molecule has 0 N–H and O–H groups in total. The maximum atomic E-state index is 12.6. The zero-order chi connectivity index (χ0) is 13.8. The molecule has 0 spiro atoms. The van der Waals surface area contributed by atoms with Gasteiger partial charge >= 0.3 is 0 Å². The fourth-order valence-electron chi connectivity index (χ4n) is 3.16. The number of carbonyl (C=O) groups excluding carboxylic acids is 1. The molecule has 0 bridgehead atoms. The lowest BCUT2D eigenvalue weighted by Gasteiger charge is -2.27. The number of rotatable bonds is 4. The van der Waals surface area contributed by atoms with Crippen LogP contribution < -0.4 is 0 Å². The highest BCUT2D eigenvalue weighted by Gasteiger charge is 2.23. The Morgan fingerprint density at radius 1 is 1.10 bits per heavy atom. The normalized spacial score (nSPS) is 24.6. The van der Waals surface area contributed by atoms with Crippen molar-refractivity contribution < 1.29 is 4.79 Å². The summed E-state index contributed by atoms with van der Waals surface area (Å²) in [4.78, 5) is 13.7. The molecule has 0 aromatic heterocycles. The third-order valence-corrected chi connectivity index (χ3v) is 6.69. The van der Waals surface area contributed by atoms with Gasteiger partial charge in [-0.05, 0) is 36.0 Å². The lowest BCUT2D eigenvalue weighted by molar-refractivity contribution is 0.104. The van der Waals surface area contributed by atoms with Crippen LogP contribution in [0.3, 0.4) is 0 Å². The molecule has 1 aliphatic carbocycles. The number of Topliss-reactive ketones (excluding diaryl/α,β-unsaturated/α-hetero) is 1. The molecular formula is C18H22OS. The minimum Gasteiger partial charge on any atom is -0.288 e. The SMILES string of the molecule is O=C(C1=CC=C[SH]1CC1CCCCC1)c1ccccc1. The summed E-state index contributed by atoms with van der Waals surface area (Å²) in [6.07, 6.45) is 11.0. The minimum atomic E-state index is -0.363. The third kappa shape index (κ3) is 3.06. The van der Waals surface area contributed by atoms with Gasteiger partial charge in [0.1, 0.15) is 0 Å². The molecule has 3 rings (SSSR count). The highest BCUT2D eigenvalue weighted by atomic mass is 32.2. The molecule has 20 heavy (non-hydrogen) atoms. The van der Waals surface area contributed by atoms with Crippen LogP contribution in [0.5, 0.6) is 0 Å². The zero-order valence-electron chi connectivity index (χ0n) is 11.8. The molecule has 1 atom stereocenters. The molecule has 1 aliphatic heterocycles. The molecular weight excluding hydrogens is 264 g/mol. The molecule has 1 saturated carbocycles. The Morgan fingerprint density at radius 2 is 1.85 bits per heavy atom. The number of ketones is 1. The maximum absolute atomic E-state index is 12.6. The van der Waals surface area contributed by atoms with Gasteiger partial charge in [0.25, 0.3) is 0 Å². The molecule has 1 aromatic rings. The molecule has 1 unspecified atom stereocenters. The van der Waals surface area contributed by atoms with Crippen LogP contribution in [0.25, 0.3) is 0 Å². The average Bonchev–Trinajstić information content (AvgIpc) is 2.96. The number of hydrogen-bond acceptors (Lipinski definition) is 1. The summed E-state index contributed by atoms with van der Waals surface area (Å²) >= 11 is 0. The first-order valence-corrected chi connectivity index (χ1v) is 9.19. The van der Waals surface area contributed by atoms with E-state index in [-0.39, 0.29) is 16.7 Å². The van der Waals surface area contributed by atoms with Crippen molar-refractivity contribution in [1.29, 1.82) is 0 Å². The van der Waals surface area contributed by atoms with Crippen LogP contribution in [0.1, 0.15) is 42.5 Å². The van der Waals surface area contributed by atoms with Crippen molar-refractivity contribution in [2.45, 2.75) is 32.1 Å². The highest BCUT2D eigenvalue weighted by Crippen LogP contribution is 2.46. The summed E-state index contributed by atoms with van der Waals surface area (Å²) in [6, 6.07) is 9.70. The van der Waals surface area contributed by atoms with Gasteiger partial charge in [-0.3, -0.25) is 4.79 Å². The fraction of sp³-hybridized carbons (Fsp3) is 0.389. The Bertz CT molecular complexity index is 524. The van der Waals surface area contributed by atoms with Crippen molar-refractivity contribution in [2.24, 2.45) is 5.92 Å². The molecule has 2 heteroatoms. The van der Waals surface area contributed by atoms with Gasteiger partial charge in [0.15, 0.2) is 5.78 Å². The Balaban J connectivity index is 1.68. The molecule has 0 amide bonds. The van der Waals surface area contributed by atoms with Gasteiger partial charge in [0.05, 0.1) is 0 Å². The van der Waals surface area contributed by atoms with Crippen LogP contribution in [0.4, 0.5) is 0 Å². The van der Waals surface area contributed by atoms with E-state index in [9.17, 15) is 4.79 Å². The number of carbonyl (C=O) groups is 1. The zero-order valence-corrected chi connectivity index (χ0v) is 12.7. The quantitative estimate of drug-likeness (QED) is 0.617. The van der Waals surface area contributed by atoms with E-state index in [1.54, 1.807) is 0 Å². The minimum absolute atomic E-state index is 0.234. The van der Waals surface area contributed by atoms with Crippen molar-refractivity contribution >= 4 is 16.7 Å². The predicted molar refractivity (Wildman–Crippen MR) is 88.4 cm³/mol. The van der Waals surface area contributed by atoms with Crippen LogP contribution >= 0.6 is 10.9 Å². The molecule has 106 valence electrons. The van der Waals surface area contributed by atoms with Gasteiger partial charge in [-0.1, -0.05) is 55.7 Å². The smallest absolute Gasteiger partial charge is 0.197 e. The second-order valence-electron chi connectivity index (χ2n) is 5.74. The van der Waals surface area contributed by atoms with Crippen LogP contribution in [0, 0.1) is 5.92 Å². The van der Waals surface area contributed by atoms with Crippen molar-refractivity contribution in [3.63, 3.8) is 0 Å². The van der Waals surface area contributed by atoms with Gasteiger partial charge < -0.3 is 0 Å². The van der Waals surface area contributed by atoms with Crippen molar-refractivity contribution in [2.75, 3.05) is 5.75 Å². The monoisotopic (exact) mass is 286 g/mol. The van der Waals surface area contributed by atoms with Crippen LogP contribution in [0.2, 0.25) is 0 Å². The molecule has 1 aromatic carbocycles.